The molecular weight excluding hydrogens is 238 g/mol. The monoisotopic (exact) mass is 267 g/mol. The predicted molar refractivity (Wildman–Crippen MR) is 78.1 cm³/mol. The highest BCUT2D eigenvalue weighted by molar-refractivity contribution is 5.81. The average Bonchev–Trinajstić information content (AvgIpc) is 2.97. The van der Waals surface area contributed by atoms with Gasteiger partial charge in [-0.2, -0.15) is 0 Å². The van der Waals surface area contributed by atoms with Crippen molar-refractivity contribution in [3.63, 3.8) is 0 Å². The summed E-state index contributed by atoms with van der Waals surface area (Å²) in [5, 5.41) is 6.40. The minimum Gasteiger partial charge on any atom is -0.354 e. The molecule has 0 spiro atoms. The van der Waals surface area contributed by atoms with Crippen LogP contribution in [0.1, 0.15) is 45.4 Å². The third-order valence-electron chi connectivity index (χ3n) is 4.37. The lowest BCUT2D eigenvalue weighted by Crippen LogP contribution is -2.45. The molecule has 2 N–H and O–H groups in total. The molecule has 0 aliphatic carbocycles. The summed E-state index contributed by atoms with van der Waals surface area (Å²) in [5.41, 5.74) is 0. The topological polar surface area (TPSA) is 44.4 Å². The van der Waals surface area contributed by atoms with Crippen molar-refractivity contribution in [3.8, 4) is 0 Å². The Morgan fingerprint density at radius 2 is 2.26 bits per heavy atom. The first-order valence-corrected chi connectivity index (χ1v) is 8.03. The fraction of sp³-hybridized carbons (Fsp3) is 0.933. The molecule has 0 saturated carbocycles. The van der Waals surface area contributed by atoms with Crippen molar-refractivity contribution >= 4 is 5.91 Å². The molecular formula is C15H29N3O. The van der Waals surface area contributed by atoms with Crippen molar-refractivity contribution in [1.29, 1.82) is 0 Å². The molecule has 2 atom stereocenters. The van der Waals surface area contributed by atoms with Crippen molar-refractivity contribution in [2.45, 2.75) is 51.5 Å². The molecule has 2 aliphatic rings. The van der Waals surface area contributed by atoms with E-state index in [2.05, 4.69) is 22.5 Å². The number of nitrogens with one attached hydrogen (secondary N) is 2. The standard InChI is InChI=1S/C15H29N3O/c1-2-3-9-18-10-5-6-13(12-18)11-17-15(19)14-7-4-8-16-14/h13-14,16H,2-12H2,1H3,(H,17,19). The van der Waals surface area contributed by atoms with Crippen LogP contribution in [0.5, 0.6) is 0 Å². The van der Waals surface area contributed by atoms with Gasteiger partial charge in [0, 0.05) is 13.1 Å². The molecule has 4 nitrogen and oxygen atoms in total. The van der Waals surface area contributed by atoms with Gasteiger partial charge in [-0.3, -0.25) is 4.79 Å². The molecule has 2 fully saturated rings. The van der Waals surface area contributed by atoms with Gasteiger partial charge in [0.2, 0.25) is 5.91 Å². The van der Waals surface area contributed by atoms with Gasteiger partial charge < -0.3 is 15.5 Å². The van der Waals surface area contributed by atoms with Gasteiger partial charge in [0.25, 0.3) is 0 Å². The molecule has 1 amide bonds. The number of hydrogen-bond donors (Lipinski definition) is 2. The molecule has 0 aromatic heterocycles. The summed E-state index contributed by atoms with van der Waals surface area (Å²) < 4.78 is 0. The van der Waals surface area contributed by atoms with Crippen molar-refractivity contribution in [1.82, 2.24) is 15.5 Å². The Balaban J connectivity index is 1.65. The van der Waals surface area contributed by atoms with E-state index < -0.39 is 0 Å². The highest BCUT2D eigenvalue weighted by Gasteiger charge is 2.24. The zero-order chi connectivity index (χ0) is 13.5. The third-order valence-corrected chi connectivity index (χ3v) is 4.37. The number of carbonyl (C=O) groups is 1. The molecule has 2 aliphatic heterocycles. The molecule has 2 unspecified atom stereocenters. The first-order chi connectivity index (χ1) is 9.29. The number of carbonyl (C=O) groups excluding carboxylic acids is 1. The van der Waals surface area contributed by atoms with Gasteiger partial charge in [-0.25, -0.2) is 0 Å². The second kappa shape index (κ2) is 7.85. The summed E-state index contributed by atoms with van der Waals surface area (Å²) in [6.07, 6.45) is 7.24. The molecule has 2 rings (SSSR count). The average molecular weight is 267 g/mol. The number of amides is 1. The van der Waals surface area contributed by atoms with Crippen LogP contribution in [0.2, 0.25) is 0 Å². The van der Waals surface area contributed by atoms with Crippen molar-refractivity contribution in [3.05, 3.63) is 0 Å². The maximum atomic E-state index is 12.0. The maximum Gasteiger partial charge on any atom is 0.237 e. The van der Waals surface area contributed by atoms with E-state index in [0.29, 0.717) is 5.92 Å². The Morgan fingerprint density at radius 1 is 1.37 bits per heavy atom. The summed E-state index contributed by atoms with van der Waals surface area (Å²) in [6.45, 7) is 7.74. The Bertz CT molecular complexity index is 277. The summed E-state index contributed by atoms with van der Waals surface area (Å²) in [7, 11) is 0. The van der Waals surface area contributed by atoms with E-state index in [1.54, 1.807) is 0 Å². The lowest BCUT2D eigenvalue weighted by Gasteiger charge is -2.33. The normalized spacial score (nSPS) is 28.5. The SMILES string of the molecule is CCCCN1CCCC(CNC(=O)C2CCCN2)C1. The van der Waals surface area contributed by atoms with Gasteiger partial charge in [0.15, 0.2) is 0 Å². The molecule has 0 bridgehead atoms. The Hall–Kier alpha value is -0.610. The van der Waals surface area contributed by atoms with Crippen LogP contribution in [0.25, 0.3) is 0 Å². The molecule has 2 heterocycles. The lowest BCUT2D eigenvalue weighted by molar-refractivity contribution is -0.123. The van der Waals surface area contributed by atoms with E-state index in [4.69, 9.17) is 0 Å². The number of likely N-dealkylation sites (tertiary alicyclic amines) is 1. The smallest absolute Gasteiger partial charge is 0.237 e. The van der Waals surface area contributed by atoms with Gasteiger partial charge in [0.1, 0.15) is 0 Å². The van der Waals surface area contributed by atoms with Crippen LogP contribution in [-0.2, 0) is 4.79 Å². The van der Waals surface area contributed by atoms with E-state index >= 15 is 0 Å². The zero-order valence-corrected chi connectivity index (χ0v) is 12.3. The van der Waals surface area contributed by atoms with Gasteiger partial charge in [-0.15, -0.1) is 0 Å². The maximum absolute atomic E-state index is 12.0. The summed E-state index contributed by atoms with van der Waals surface area (Å²) in [5.74, 6) is 0.860. The number of unbranched alkanes of at least 4 members (excludes halogenated alkanes) is 1. The van der Waals surface area contributed by atoms with Crippen LogP contribution in [0.4, 0.5) is 0 Å². The number of piperidine rings is 1. The number of nitrogens with zero attached hydrogens (tertiary/aromatic N) is 1. The highest BCUT2D eigenvalue weighted by Crippen LogP contribution is 2.16. The van der Waals surface area contributed by atoms with Crippen LogP contribution < -0.4 is 10.6 Å². The fourth-order valence-electron chi connectivity index (χ4n) is 3.18. The first-order valence-electron chi connectivity index (χ1n) is 8.03. The predicted octanol–water partition coefficient (Wildman–Crippen LogP) is 1.37. The van der Waals surface area contributed by atoms with E-state index in [9.17, 15) is 4.79 Å². The second-order valence-electron chi connectivity index (χ2n) is 6.06. The van der Waals surface area contributed by atoms with E-state index in [0.717, 1.165) is 25.9 Å². The number of rotatable bonds is 6. The molecule has 4 heteroatoms. The van der Waals surface area contributed by atoms with E-state index in [1.165, 1.54) is 45.3 Å². The van der Waals surface area contributed by atoms with E-state index in [-0.39, 0.29) is 11.9 Å². The Labute approximate surface area is 117 Å². The quantitative estimate of drug-likeness (QED) is 0.764. The van der Waals surface area contributed by atoms with Crippen LogP contribution in [0, 0.1) is 5.92 Å². The van der Waals surface area contributed by atoms with Crippen LogP contribution in [-0.4, -0.2) is 49.6 Å². The third kappa shape index (κ3) is 4.77. The van der Waals surface area contributed by atoms with E-state index in [1.807, 2.05) is 0 Å². The summed E-state index contributed by atoms with van der Waals surface area (Å²) in [4.78, 5) is 14.5. The fourth-order valence-corrected chi connectivity index (χ4v) is 3.18. The van der Waals surface area contributed by atoms with Crippen LogP contribution in [0.3, 0.4) is 0 Å². The van der Waals surface area contributed by atoms with Crippen molar-refractivity contribution in [2.24, 2.45) is 5.92 Å². The van der Waals surface area contributed by atoms with Gasteiger partial charge in [0.05, 0.1) is 6.04 Å². The van der Waals surface area contributed by atoms with Gasteiger partial charge >= 0.3 is 0 Å². The highest BCUT2D eigenvalue weighted by atomic mass is 16.2. The Kier molecular flexibility index (Phi) is 6.11. The van der Waals surface area contributed by atoms with Crippen LogP contribution in [0.15, 0.2) is 0 Å². The van der Waals surface area contributed by atoms with Crippen molar-refractivity contribution in [2.75, 3.05) is 32.7 Å². The van der Waals surface area contributed by atoms with Crippen molar-refractivity contribution < 1.29 is 4.79 Å². The minimum atomic E-state index is 0.0692. The zero-order valence-electron chi connectivity index (χ0n) is 12.3. The number of hydrogen-bond acceptors (Lipinski definition) is 3. The molecule has 0 aromatic carbocycles. The lowest BCUT2D eigenvalue weighted by atomic mass is 9.97. The second-order valence-corrected chi connectivity index (χ2v) is 6.06. The van der Waals surface area contributed by atoms with Gasteiger partial charge in [-0.05, 0) is 57.7 Å². The molecule has 2 saturated heterocycles. The first kappa shape index (κ1) is 14.8. The Morgan fingerprint density at radius 3 is 3.00 bits per heavy atom. The van der Waals surface area contributed by atoms with Crippen LogP contribution >= 0.6 is 0 Å². The van der Waals surface area contributed by atoms with Gasteiger partial charge in [-0.1, -0.05) is 13.3 Å². The largest absolute Gasteiger partial charge is 0.354 e. The molecule has 19 heavy (non-hydrogen) atoms. The molecule has 110 valence electrons. The molecule has 0 aromatic rings. The summed E-state index contributed by atoms with van der Waals surface area (Å²) in [6, 6.07) is 0.0692. The molecule has 0 radical (unpaired) electrons. The minimum absolute atomic E-state index is 0.0692. The summed E-state index contributed by atoms with van der Waals surface area (Å²) >= 11 is 0.